The molecule has 0 aliphatic carbocycles. The SMILES string of the molecule is COc1ccc(CC(=O)N2CCCCC2c2nc(N)ncc2-c2ccccc2F)cc1. The van der Waals surface area contributed by atoms with Crippen molar-refractivity contribution in [3.63, 3.8) is 0 Å². The Morgan fingerprint density at radius 2 is 1.94 bits per heavy atom. The Morgan fingerprint density at radius 3 is 2.68 bits per heavy atom. The second kappa shape index (κ2) is 9.12. The van der Waals surface area contributed by atoms with Crippen LogP contribution < -0.4 is 10.5 Å². The molecule has 1 unspecified atom stereocenters. The van der Waals surface area contributed by atoms with E-state index in [1.54, 1.807) is 31.5 Å². The van der Waals surface area contributed by atoms with Crippen molar-refractivity contribution in [3.05, 3.63) is 71.8 Å². The summed E-state index contributed by atoms with van der Waals surface area (Å²) in [5.74, 6) is 0.511. The van der Waals surface area contributed by atoms with E-state index in [0.29, 0.717) is 23.4 Å². The number of aromatic nitrogens is 2. The number of likely N-dealkylation sites (tertiary alicyclic amines) is 1. The van der Waals surface area contributed by atoms with Crippen molar-refractivity contribution in [2.45, 2.75) is 31.7 Å². The van der Waals surface area contributed by atoms with Crippen LogP contribution in [0, 0.1) is 5.82 Å². The second-order valence-corrected chi connectivity index (χ2v) is 7.63. The molecule has 2 N–H and O–H groups in total. The lowest BCUT2D eigenvalue weighted by molar-refractivity contribution is -0.134. The minimum Gasteiger partial charge on any atom is -0.497 e. The Hall–Kier alpha value is -3.48. The summed E-state index contributed by atoms with van der Waals surface area (Å²) in [5, 5.41) is 0. The summed E-state index contributed by atoms with van der Waals surface area (Å²) in [6.07, 6.45) is 4.44. The summed E-state index contributed by atoms with van der Waals surface area (Å²) in [6, 6.07) is 13.7. The molecule has 1 aliphatic heterocycles. The maximum atomic E-state index is 14.6. The van der Waals surface area contributed by atoms with Gasteiger partial charge in [0.1, 0.15) is 11.6 Å². The van der Waals surface area contributed by atoms with E-state index in [2.05, 4.69) is 9.97 Å². The van der Waals surface area contributed by atoms with Crippen molar-refractivity contribution in [2.75, 3.05) is 19.4 Å². The first-order chi connectivity index (χ1) is 15.1. The van der Waals surface area contributed by atoms with Gasteiger partial charge in [-0.1, -0.05) is 30.3 Å². The topological polar surface area (TPSA) is 81.3 Å². The molecular formula is C24H25FN4O2. The van der Waals surface area contributed by atoms with Crippen molar-refractivity contribution in [2.24, 2.45) is 0 Å². The largest absolute Gasteiger partial charge is 0.497 e. The number of amides is 1. The van der Waals surface area contributed by atoms with Gasteiger partial charge < -0.3 is 15.4 Å². The first-order valence-electron chi connectivity index (χ1n) is 10.4. The number of hydrogen-bond acceptors (Lipinski definition) is 5. The number of hydrogen-bond donors (Lipinski definition) is 1. The van der Waals surface area contributed by atoms with Gasteiger partial charge in [0, 0.05) is 23.9 Å². The van der Waals surface area contributed by atoms with E-state index < -0.39 is 0 Å². The van der Waals surface area contributed by atoms with E-state index in [1.807, 2.05) is 29.2 Å². The molecule has 1 saturated heterocycles. The molecule has 3 aromatic rings. The zero-order valence-electron chi connectivity index (χ0n) is 17.4. The second-order valence-electron chi connectivity index (χ2n) is 7.63. The number of benzene rings is 2. The highest BCUT2D eigenvalue weighted by atomic mass is 19.1. The monoisotopic (exact) mass is 420 g/mol. The van der Waals surface area contributed by atoms with Gasteiger partial charge in [-0.25, -0.2) is 14.4 Å². The van der Waals surface area contributed by atoms with Gasteiger partial charge in [0.15, 0.2) is 0 Å². The molecule has 2 heterocycles. The molecular weight excluding hydrogens is 395 g/mol. The van der Waals surface area contributed by atoms with Gasteiger partial charge in [0.2, 0.25) is 11.9 Å². The molecule has 7 heteroatoms. The van der Waals surface area contributed by atoms with Crippen molar-refractivity contribution in [1.29, 1.82) is 0 Å². The first-order valence-corrected chi connectivity index (χ1v) is 10.4. The van der Waals surface area contributed by atoms with Crippen molar-refractivity contribution in [3.8, 4) is 16.9 Å². The summed E-state index contributed by atoms with van der Waals surface area (Å²) in [6.45, 7) is 0.625. The van der Waals surface area contributed by atoms with E-state index in [0.717, 1.165) is 30.6 Å². The van der Waals surface area contributed by atoms with Crippen LogP contribution in [0.5, 0.6) is 5.75 Å². The molecule has 0 bridgehead atoms. The molecule has 1 aromatic heterocycles. The summed E-state index contributed by atoms with van der Waals surface area (Å²) >= 11 is 0. The Morgan fingerprint density at radius 1 is 1.16 bits per heavy atom. The highest BCUT2D eigenvalue weighted by Gasteiger charge is 2.31. The van der Waals surface area contributed by atoms with Gasteiger partial charge in [-0.2, -0.15) is 0 Å². The molecule has 1 aliphatic rings. The summed E-state index contributed by atoms with van der Waals surface area (Å²) in [4.78, 5) is 23.7. The lowest BCUT2D eigenvalue weighted by atomic mass is 9.93. The van der Waals surface area contributed by atoms with Crippen LogP contribution in [0.15, 0.2) is 54.7 Å². The maximum Gasteiger partial charge on any atom is 0.227 e. The van der Waals surface area contributed by atoms with Crippen molar-refractivity contribution in [1.82, 2.24) is 14.9 Å². The van der Waals surface area contributed by atoms with E-state index in [-0.39, 0.29) is 30.1 Å². The van der Waals surface area contributed by atoms with Crippen LogP contribution in [0.2, 0.25) is 0 Å². The van der Waals surface area contributed by atoms with Gasteiger partial charge in [-0.15, -0.1) is 0 Å². The number of rotatable bonds is 5. The van der Waals surface area contributed by atoms with Crippen LogP contribution in [0.4, 0.5) is 10.3 Å². The van der Waals surface area contributed by atoms with Crippen LogP contribution in [-0.4, -0.2) is 34.4 Å². The van der Waals surface area contributed by atoms with Gasteiger partial charge in [-0.3, -0.25) is 4.79 Å². The van der Waals surface area contributed by atoms with Crippen LogP contribution in [-0.2, 0) is 11.2 Å². The number of nitrogen functional groups attached to an aromatic ring is 1. The first kappa shape index (κ1) is 20.8. The fourth-order valence-electron chi connectivity index (χ4n) is 4.08. The van der Waals surface area contributed by atoms with Crippen molar-refractivity contribution < 1.29 is 13.9 Å². The van der Waals surface area contributed by atoms with Crippen LogP contribution in [0.25, 0.3) is 11.1 Å². The maximum absolute atomic E-state index is 14.6. The smallest absolute Gasteiger partial charge is 0.227 e. The number of anilines is 1. The Kier molecular flexibility index (Phi) is 6.11. The molecule has 0 radical (unpaired) electrons. The zero-order valence-corrected chi connectivity index (χ0v) is 17.4. The van der Waals surface area contributed by atoms with Crippen molar-refractivity contribution >= 4 is 11.9 Å². The van der Waals surface area contributed by atoms with Gasteiger partial charge in [-0.05, 0) is 43.0 Å². The summed E-state index contributed by atoms with van der Waals surface area (Å²) in [7, 11) is 1.61. The number of carbonyl (C=O) groups is 1. The fourth-order valence-corrected chi connectivity index (χ4v) is 4.08. The molecule has 1 atom stereocenters. The third-order valence-corrected chi connectivity index (χ3v) is 5.65. The molecule has 0 spiro atoms. The molecule has 160 valence electrons. The van der Waals surface area contributed by atoms with Crippen LogP contribution >= 0.6 is 0 Å². The molecule has 1 fully saturated rings. The average molecular weight is 420 g/mol. The summed E-state index contributed by atoms with van der Waals surface area (Å²) in [5.41, 5.74) is 8.38. The van der Waals surface area contributed by atoms with Gasteiger partial charge in [0.05, 0.1) is 25.3 Å². The van der Waals surface area contributed by atoms with E-state index >= 15 is 0 Å². The molecule has 2 aromatic carbocycles. The zero-order chi connectivity index (χ0) is 21.8. The van der Waals surface area contributed by atoms with E-state index in [9.17, 15) is 9.18 Å². The molecule has 4 rings (SSSR count). The standard InChI is InChI=1S/C24H25FN4O2/c1-31-17-11-9-16(10-12-17)14-22(30)29-13-5-4-8-21(29)23-19(15-27-24(26)28-23)18-6-2-3-7-20(18)25/h2-3,6-7,9-12,15,21H,4-5,8,13-14H2,1H3,(H2,26,27,28). The Labute approximate surface area is 180 Å². The predicted octanol–water partition coefficient (Wildman–Crippen LogP) is 4.17. The highest BCUT2D eigenvalue weighted by Crippen LogP contribution is 2.37. The quantitative estimate of drug-likeness (QED) is 0.670. The molecule has 0 saturated carbocycles. The van der Waals surface area contributed by atoms with Crippen LogP contribution in [0.1, 0.15) is 36.6 Å². The number of halogens is 1. The van der Waals surface area contributed by atoms with E-state index in [1.165, 1.54) is 6.07 Å². The lowest BCUT2D eigenvalue weighted by Crippen LogP contribution is -2.40. The third-order valence-electron chi connectivity index (χ3n) is 5.65. The lowest BCUT2D eigenvalue weighted by Gasteiger charge is -2.36. The number of nitrogens with two attached hydrogens (primary N) is 1. The third kappa shape index (κ3) is 4.50. The number of nitrogens with zero attached hydrogens (tertiary/aromatic N) is 3. The van der Waals surface area contributed by atoms with Gasteiger partial charge >= 0.3 is 0 Å². The molecule has 1 amide bonds. The Balaban J connectivity index is 1.66. The average Bonchev–Trinajstić information content (AvgIpc) is 2.80. The minimum atomic E-state index is -0.357. The van der Waals surface area contributed by atoms with E-state index in [4.69, 9.17) is 10.5 Å². The number of piperidine rings is 1. The van der Waals surface area contributed by atoms with Gasteiger partial charge in [0.25, 0.3) is 0 Å². The minimum absolute atomic E-state index is 0.00605. The number of methoxy groups -OCH3 is 1. The van der Waals surface area contributed by atoms with Crippen LogP contribution in [0.3, 0.4) is 0 Å². The normalized spacial score (nSPS) is 16.2. The molecule has 31 heavy (non-hydrogen) atoms. The highest BCUT2D eigenvalue weighted by molar-refractivity contribution is 5.80. The fraction of sp³-hybridized carbons (Fsp3) is 0.292. The number of carbonyl (C=O) groups excluding carboxylic acids is 1. The molecule has 6 nitrogen and oxygen atoms in total. The Bertz CT molecular complexity index is 1070. The predicted molar refractivity (Wildman–Crippen MR) is 117 cm³/mol. The summed E-state index contributed by atoms with van der Waals surface area (Å²) < 4.78 is 19.7. The number of ether oxygens (including phenoxy) is 1.